The molecule has 0 spiro atoms. The third-order valence-corrected chi connectivity index (χ3v) is 5.62. The second-order valence-electron chi connectivity index (χ2n) is 8.00. The van der Waals surface area contributed by atoms with Gasteiger partial charge in [-0.15, -0.1) is 0 Å². The fraction of sp³-hybridized carbons (Fsp3) is 0.280. The van der Waals surface area contributed by atoms with E-state index in [1.165, 1.54) is 32.5 Å². The van der Waals surface area contributed by atoms with Crippen LogP contribution < -0.4 is 15.5 Å². The van der Waals surface area contributed by atoms with Gasteiger partial charge in [0.2, 0.25) is 0 Å². The van der Waals surface area contributed by atoms with Crippen LogP contribution >= 0.6 is 0 Å². The van der Waals surface area contributed by atoms with E-state index in [4.69, 9.17) is 9.57 Å². The van der Waals surface area contributed by atoms with Crippen molar-refractivity contribution in [2.45, 2.75) is 6.54 Å². The van der Waals surface area contributed by atoms with Gasteiger partial charge in [-0.2, -0.15) is 0 Å². The van der Waals surface area contributed by atoms with E-state index in [9.17, 15) is 13.6 Å². The molecule has 1 saturated heterocycles. The van der Waals surface area contributed by atoms with E-state index in [1.807, 2.05) is 24.3 Å². The minimum absolute atomic E-state index is 0.101. The number of morpholine rings is 1. The topological polar surface area (TPSA) is 79.0 Å². The summed E-state index contributed by atoms with van der Waals surface area (Å²) < 4.78 is 32.6. The zero-order chi connectivity index (χ0) is 24.8. The third kappa shape index (κ3) is 6.23. The Morgan fingerprint density at radius 1 is 1.11 bits per heavy atom. The summed E-state index contributed by atoms with van der Waals surface area (Å²) in [4.78, 5) is 24.4. The van der Waals surface area contributed by atoms with Crippen LogP contribution in [-0.2, 0) is 16.1 Å². The summed E-state index contributed by atoms with van der Waals surface area (Å²) in [6, 6.07) is 12.9. The maximum absolute atomic E-state index is 13.6. The third-order valence-electron chi connectivity index (χ3n) is 5.62. The molecular weight excluding hydrogens is 456 g/mol. The molecule has 2 heterocycles. The summed E-state index contributed by atoms with van der Waals surface area (Å²) in [7, 11) is 2.86. The molecule has 0 unspecified atom stereocenters. The Labute approximate surface area is 202 Å². The van der Waals surface area contributed by atoms with Gasteiger partial charge < -0.3 is 20.3 Å². The summed E-state index contributed by atoms with van der Waals surface area (Å²) in [5.41, 5.74) is 3.01. The maximum Gasteiger partial charge on any atom is 0.280 e. The van der Waals surface area contributed by atoms with Gasteiger partial charge in [0, 0.05) is 56.4 Å². The van der Waals surface area contributed by atoms with Crippen LogP contribution in [0.2, 0.25) is 0 Å². The number of anilines is 4. The maximum atomic E-state index is 13.6. The lowest BCUT2D eigenvalue weighted by molar-refractivity contribution is -0.0756. The Morgan fingerprint density at radius 2 is 1.80 bits per heavy atom. The number of ether oxygens (including phenoxy) is 1. The Morgan fingerprint density at radius 3 is 2.46 bits per heavy atom. The number of hydroxylamine groups is 2. The van der Waals surface area contributed by atoms with Crippen molar-refractivity contribution in [3.63, 3.8) is 0 Å². The highest BCUT2D eigenvalue weighted by Crippen LogP contribution is 2.25. The number of nitrogens with zero attached hydrogens (tertiary/aromatic N) is 3. The van der Waals surface area contributed by atoms with Crippen LogP contribution in [0.1, 0.15) is 15.9 Å². The molecule has 4 rings (SSSR count). The molecule has 1 aliphatic rings. The van der Waals surface area contributed by atoms with Gasteiger partial charge in [-0.25, -0.2) is 18.8 Å². The smallest absolute Gasteiger partial charge is 0.280 e. The van der Waals surface area contributed by atoms with Crippen molar-refractivity contribution in [3.8, 4) is 0 Å². The summed E-state index contributed by atoms with van der Waals surface area (Å²) in [6.07, 6.45) is 1.43. The first-order valence-corrected chi connectivity index (χ1v) is 11.1. The Bertz CT molecular complexity index is 1150. The zero-order valence-electron chi connectivity index (χ0n) is 19.6. The molecule has 0 radical (unpaired) electrons. The van der Waals surface area contributed by atoms with E-state index in [2.05, 4.69) is 20.5 Å². The van der Waals surface area contributed by atoms with Crippen LogP contribution in [-0.4, -0.2) is 56.4 Å². The molecule has 1 aliphatic heterocycles. The van der Waals surface area contributed by atoms with Gasteiger partial charge in [0.05, 0.1) is 31.6 Å². The highest BCUT2D eigenvalue weighted by atomic mass is 19.1. The Balaban J connectivity index is 1.54. The molecule has 0 saturated carbocycles. The lowest BCUT2D eigenvalue weighted by Crippen LogP contribution is -2.36. The molecule has 2 aromatic carbocycles. The van der Waals surface area contributed by atoms with Crippen LogP contribution in [0.15, 0.2) is 54.7 Å². The molecule has 1 fully saturated rings. The van der Waals surface area contributed by atoms with E-state index in [0.717, 1.165) is 35.6 Å². The summed E-state index contributed by atoms with van der Waals surface area (Å²) in [5.74, 6) is -1.27. The Hall–Kier alpha value is -3.76. The number of halogens is 2. The number of pyridine rings is 1. The van der Waals surface area contributed by atoms with E-state index in [-0.39, 0.29) is 12.1 Å². The van der Waals surface area contributed by atoms with Gasteiger partial charge in [-0.3, -0.25) is 9.63 Å². The number of carbonyl (C=O) groups is 1. The largest absolute Gasteiger partial charge is 0.380 e. The second-order valence-corrected chi connectivity index (χ2v) is 8.00. The fourth-order valence-corrected chi connectivity index (χ4v) is 3.73. The normalized spacial score (nSPS) is 13.4. The lowest BCUT2D eigenvalue weighted by Gasteiger charge is -2.28. The molecule has 0 bridgehead atoms. The first kappa shape index (κ1) is 24.4. The number of benzene rings is 2. The predicted molar refractivity (Wildman–Crippen MR) is 130 cm³/mol. The fourth-order valence-electron chi connectivity index (χ4n) is 3.73. The monoisotopic (exact) mass is 483 g/mol. The number of aromatic nitrogens is 1. The Kier molecular flexibility index (Phi) is 7.74. The molecule has 10 heteroatoms. The van der Waals surface area contributed by atoms with E-state index in [1.54, 1.807) is 6.07 Å². The van der Waals surface area contributed by atoms with E-state index >= 15 is 0 Å². The van der Waals surface area contributed by atoms with Crippen LogP contribution in [0.4, 0.5) is 31.7 Å². The second kappa shape index (κ2) is 11.1. The SMILES string of the molecule is CON(C)C(=O)c1cnc(Nc2ccc(N3CCOCC3)cc2)cc1NCc1cc(F)cc(F)c1. The summed E-state index contributed by atoms with van der Waals surface area (Å²) in [6.45, 7) is 3.23. The molecule has 8 nitrogen and oxygen atoms in total. The summed E-state index contributed by atoms with van der Waals surface area (Å²) >= 11 is 0. The molecule has 1 aromatic heterocycles. The zero-order valence-corrected chi connectivity index (χ0v) is 19.6. The number of amides is 1. The van der Waals surface area contributed by atoms with Gasteiger partial charge in [0.1, 0.15) is 17.5 Å². The van der Waals surface area contributed by atoms with Crippen molar-refractivity contribution in [3.05, 3.63) is 77.5 Å². The quantitative estimate of drug-likeness (QED) is 0.465. The molecule has 3 aromatic rings. The van der Waals surface area contributed by atoms with Crippen LogP contribution in [0.3, 0.4) is 0 Å². The highest BCUT2D eigenvalue weighted by molar-refractivity contribution is 5.99. The van der Waals surface area contributed by atoms with Crippen molar-refractivity contribution in [1.29, 1.82) is 0 Å². The standard InChI is InChI=1S/C25H27F2N5O3/c1-31(34-2)25(33)22-16-29-24(14-23(22)28-15-17-11-18(26)13-19(27)12-17)30-20-3-5-21(6-4-20)32-7-9-35-10-8-32/h3-6,11-14,16H,7-10,15H2,1-2H3,(H2,28,29,30). The lowest BCUT2D eigenvalue weighted by atomic mass is 10.1. The predicted octanol–water partition coefficient (Wildman–Crippen LogP) is 4.19. The van der Waals surface area contributed by atoms with Crippen LogP contribution in [0.25, 0.3) is 0 Å². The van der Waals surface area contributed by atoms with Crippen molar-refractivity contribution >= 4 is 28.8 Å². The van der Waals surface area contributed by atoms with Crippen molar-refractivity contribution < 1.29 is 23.1 Å². The molecule has 184 valence electrons. The number of hydrogen-bond donors (Lipinski definition) is 2. The first-order chi connectivity index (χ1) is 16.9. The number of rotatable bonds is 8. The average Bonchev–Trinajstić information content (AvgIpc) is 2.87. The number of hydrogen-bond acceptors (Lipinski definition) is 7. The van der Waals surface area contributed by atoms with Crippen molar-refractivity contribution in [2.24, 2.45) is 0 Å². The molecule has 0 atom stereocenters. The number of carbonyl (C=O) groups excluding carboxylic acids is 1. The number of nitrogens with one attached hydrogen (secondary N) is 2. The molecule has 35 heavy (non-hydrogen) atoms. The molecular formula is C25H27F2N5O3. The van der Waals surface area contributed by atoms with E-state index < -0.39 is 17.5 Å². The van der Waals surface area contributed by atoms with Crippen molar-refractivity contribution in [1.82, 2.24) is 10.0 Å². The molecule has 0 aliphatic carbocycles. The highest BCUT2D eigenvalue weighted by Gasteiger charge is 2.18. The molecule has 1 amide bonds. The van der Waals surface area contributed by atoms with Gasteiger partial charge in [0.15, 0.2) is 0 Å². The van der Waals surface area contributed by atoms with Crippen molar-refractivity contribution in [2.75, 3.05) is 56.0 Å². The van der Waals surface area contributed by atoms with Gasteiger partial charge in [-0.1, -0.05) is 0 Å². The minimum Gasteiger partial charge on any atom is -0.380 e. The average molecular weight is 484 g/mol. The van der Waals surface area contributed by atoms with Crippen LogP contribution in [0.5, 0.6) is 0 Å². The summed E-state index contributed by atoms with van der Waals surface area (Å²) in [5, 5.41) is 7.39. The van der Waals surface area contributed by atoms with Gasteiger partial charge >= 0.3 is 0 Å². The van der Waals surface area contributed by atoms with Gasteiger partial charge in [0.25, 0.3) is 5.91 Å². The molecule has 2 N–H and O–H groups in total. The van der Waals surface area contributed by atoms with Gasteiger partial charge in [-0.05, 0) is 42.0 Å². The van der Waals surface area contributed by atoms with Crippen LogP contribution in [0, 0.1) is 11.6 Å². The van der Waals surface area contributed by atoms with E-state index in [0.29, 0.717) is 30.3 Å². The first-order valence-electron chi connectivity index (χ1n) is 11.1. The minimum atomic E-state index is -0.671.